The molecule has 1 aromatic heterocycles. The van der Waals surface area contributed by atoms with Crippen LogP contribution < -0.4 is 0 Å². The molecule has 0 aliphatic heterocycles. The second-order valence-corrected chi connectivity index (χ2v) is 2.86. The Morgan fingerprint density at radius 2 is 1.93 bits per heavy atom. The molecule has 1 aromatic carbocycles. The molecule has 0 radical (unpaired) electrons. The summed E-state index contributed by atoms with van der Waals surface area (Å²) in [6.07, 6.45) is 0.703. The normalized spacial score (nSPS) is 9.64. The van der Waals surface area contributed by atoms with Crippen LogP contribution in [0.25, 0.3) is 10.9 Å². The van der Waals surface area contributed by atoms with Gasteiger partial charge in [0, 0.05) is 24.2 Å². The van der Waals surface area contributed by atoms with Gasteiger partial charge in [-0.3, -0.25) is 0 Å². The third kappa shape index (κ3) is 2.36. The first-order valence-corrected chi connectivity index (χ1v) is 5.07. The van der Waals surface area contributed by atoms with Gasteiger partial charge in [-0.15, -0.1) is 0 Å². The molecule has 0 aliphatic rings. The van der Waals surface area contributed by atoms with E-state index in [1.807, 2.05) is 32.0 Å². The van der Waals surface area contributed by atoms with Crippen LogP contribution in [0.3, 0.4) is 0 Å². The summed E-state index contributed by atoms with van der Waals surface area (Å²) in [5, 5.41) is 9.93. The predicted octanol–water partition coefficient (Wildman–Crippen LogP) is 2.73. The fraction of sp³-hybridized carbons (Fsp3) is 0.333. The highest BCUT2D eigenvalue weighted by molar-refractivity contribution is 5.80. The highest BCUT2D eigenvalue weighted by atomic mass is 16.3. The topological polar surface area (TPSA) is 36.0 Å². The summed E-state index contributed by atoms with van der Waals surface area (Å²) in [5.74, 6) is 0. The summed E-state index contributed by atoms with van der Waals surface area (Å²) < 4.78 is 0. The molecule has 2 nitrogen and oxygen atoms in total. The van der Waals surface area contributed by atoms with Gasteiger partial charge < -0.3 is 10.1 Å². The fourth-order valence-corrected chi connectivity index (χ4v) is 1.39. The van der Waals surface area contributed by atoms with Crippen molar-refractivity contribution in [2.45, 2.75) is 20.3 Å². The molecule has 76 valence electrons. The van der Waals surface area contributed by atoms with Gasteiger partial charge in [-0.25, -0.2) is 0 Å². The second-order valence-electron chi connectivity index (χ2n) is 2.86. The van der Waals surface area contributed by atoms with Crippen molar-refractivity contribution in [3.05, 3.63) is 36.0 Å². The van der Waals surface area contributed by atoms with Gasteiger partial charge in [0.05, 0.1) is 0 Å². The van der Waals surface area contributed by atoms with Crippen molar-refractivity contribution in [1.29, 1.82) is 0 Å². The lowest BCUT2D eigenvalue weighted by molar-refractivity contribution is 0.298. The standard InChI is InChI=1S/C10H11NO.C2H6/c12-6-5-9-7-8-3-1-2-4-10(8)11-9;1-2/h1-4,7,11-12H,5-6H2;1-2H3. The lowest BCUT2D eigenvalue weighted by Gasteiger charge is -1.88. The highest BCUT2D eigenvalue weighted by Gasteiger charge is 1.97. The lowest BCUT2D eigenvalue weighted by Crippen LogP contribution is -1.88. The van der Waals surface area contributed by atoms with Gasteiger partial charge in [0.15, 0.2) is 0 Å². The fourth-order valence-electron chi connectivity index (χ4n) is 1.39. The molecule has 0 spiro atoms. The number of aliphatic hydroxyl groups excluding tert-OH is 1. The Morgan fingerprint density at radius 3 is 2.57 bits per heavy atom. The van der Waals surface area contributed by atoms with E-state index in [1.54, 1.807) is 0 Å². The number of rotatable bonds is 2. The summed E-state index contributed by atoms with van der Waals surface area (Å²) >= 11 is 0. The number of benzene rings is 1. The second kappa shape index (κ2) is 5.45. The minimum absolute atomic E-state index is 0.201. The molecule has 0 aliphatic carbocycles. The molecule has 0 saturated heterocycles. The van der Waals surface area contributed by atoms with Crippen LogP contribution in [-0.4, -0.2) is 16.7 Å². The van der Waals surface area contributed by atoms with E-state index in [1.165, 1.54) is 5.39 Å². The van der Waals surface area contributed by atoms with Crippen molar-refractivity contribution >= 4 is 10.9 Å². The lowest BCUT2D eigenvalue weighted by atomic mass is 10.2. The number of hydrogen-bond acceptors (Lipinski definition) is 1. The van der Waals surface area contributed by atoms with Gasteiger partial charge in [0.1, 0.15) is 0 Å². The quantitative estimate of drug-likeness (QED) is 0.752. The van der Waals surface area contributed by atoms with Gasteiger partial charge in [-0.1, -0.05) is 32.0 Å². The third-order valence-corrected chi connectivity index (χ3v) is 1.97. The first-order chi connectivity index (χ1) is 6.90. The minimum Gasteiger partial charge on any atom is -0.396 e. The number of hydrogen-bond donors (Lipinski definition) is 2. The van der Waals surface area contributed by atoms with E-state index in [0.717, 1.165) is 11.2 Å². The Bertz CT molecular complexity index is 345. The average Bonchev–Trinajstić information content (AvgIpc) is 2.63. The zero-order chi connectivity index (χ0) is 10.4. The van der Waals surface area contributed by atoms with Crippen LogP contribution in [-0.2, 0) is 6.42 Å². The molecule has 0 fully saturated rings. The maximum absolute atomic E-state index is 8.72. The Hall–Kier alpha value is -1.28. The van der Waals surface area contributed by atoms with Crippen molar-refractivity contribution in [3.63, 3.8) is 0 Å². The molecule has 0 atom stereocenters. The van der Waals surface area contributed by atoms with E-state index >= 15 is 0 Å². The van der Waals surface area contributed by atoms with E-state index in [9.17, 15) is 0 Å². The van der Waals surface area contributed by atoms with Crippen LogP contribution in [0.5, 0.6) is 0 Å². The van der Waals surface area contributed by atoms with Crippen LogP contribution in [0.2, 0.25) is 0 Å². The van der Waals surface area contributed by atoms with Crippen molar-refractivity contribution in [2.75, 3.05) is 6.61 Å². The maximum atomic E-state index is 8.72. The number of nitrogens with one attached hydrogen (secondary N) is 1. The van der Waals surface area contributed by atoms with Crippen molar-refractivity contribution in [2.24, 2.45) is 0 Å². The number of aliphatic hydroxyl groups is 1. The highest BCUT2D eigenvalue weighted by Crippen LogP contribution is 2.14. The summed E-state index contributed by atoms with van der Waals surface area (Å²) in [4.78, 5) is 3.24. The molecule has 0 unspecified atom stereocenters. The largest absolute Gasteiger partial charge is 0.396 e. The number of para-hydroxylation sites is 1. The first kappa shape index (κ1) is 10.8. The molecule has 14 heavy (non-hydrogen) atoms. The molecule has 1 heterocycles. The van der Waals surface area contributed by atoms with E-state index in [-0.39, 0.29) is 6.61 Å². The average molecular weight is 191 g/mol. The zero-order valence-corrected chi connectivity index (χ0v) is 8.75. The molecule has 0 amide bonds. The smallest absolute Gasteiger partial charge is 0.0485 e. The summed E-state index contributed by atoms with van der Waals surface area (Å²) in [5.41, 5.74) is 2.24. The first-order valence-electron chi connectivity index (χ1n) is 5.07. The van der Waals surface area contributed by atoms with Crippen LogP contribution in [0.1, 0.15) is 19.5 Å². The van der Waals surface area contributed by atoms with Crippen molar-refractivity contribution in [3.8, 4) is 0 Å². The number of H-pyrrole nitrogens is 1. The molecule has 2 rings (SSSR count). The van der Waals surface area contributed by atoms with Crippen LogP contribution in [0, 0.1) is 0 Å². The van der Waals surface area contributed by atoms with E-state index in [4.69, 9.17) is 5.11 Å². The summed E-state index contributed by atoms with van der Waals surface area (Å²) in [7, 11) is 0. The Labute approximate surface area is 84.6 Å². The monoisotopic (exact) mass is 191 g/mol. The zero-order valence-electron chi connectivity index (χ0n) is 8.75. The number of aromatic amines is 1. The van der Waals surface area contributed by atoms with E-state index in [0.29, 0.717) is 6.42 Å². The summed E-state index contributed by atoms with van der Waals surface area (Å²) in [6, 6.07) is 10.2. The van der Waals surface area contributed by atoms with Crippen LogP contribution in [0.4, 0.5) is 0 Å². The molecular formula is C12H17NO. The van der Waals surface area contributed by atoms with Gasteiger partial charge in [-0.05, 0) is 17.5 Å². The Kier molecular flexibility index (Phi) is 4.20. The van der Waals surface area contributed by atoms with Crippen molar-refractivity contribution < 1.29 is 5.11 Å². The van der Waals surface area contributed by atoms with E-state index < -0.39 is 0 Å². The maximum Gasteiger partial charge on any atom is 0.0485 e. The van der Waals surface area contributed by atoms with Gasteiger partial charge in [-0.2, -0.15) is 0 Å². The number of fused-ring (bicyclic) bond motifs is 1. The predicted molar refractivity (Wildman–Crippen MR) is 60.4 cm³/mol. The van der Waals surface area contributed by atoms with Gasteiger partial charge in [0.2, 0.25) is 0 Å². The number of aromatic nitrogens is 1. The minimum atomic E-state index is 0.201. The Morgan fingerprint density at radius 1 is 1.21 bits per heavy atom. The van der Waals surface area contributed by atoms with E-state index in [2.05, 4.69) is 17.1 Å². The van der Waals surface area contributed by atoms with Crippen molar-refractivity contribution in [1.82, 2.24) is 4.98 Å². The van der Waals surface area contributed by atoms with Crippen LogP contribution in [0.15, 0.2) is 30.3 Å². The Balaban J connectivity index is 0.000000461. The van der Waals surface area contributed by atoms with Crippen LogP contribution >= 0.6 is 0 Å². The van der Waals surface area contributed by atoms with Gasteiger partial charge >= 0.3 is 0 Å². The molecule has 2 aromatic rings. The molecule has 2 heteroatoms. The molecule has 0 bridgehead atoms. The third-order valence-electron chi connectivity index (χ3n) is 1.97. The molecular weight excluding hydrogens is 174 g/mol. The SMILES string of the molecule is CC.OCCc1cc2ccccc2[nH]1. The molecule has 2 N–H and O–H groups in total. The summed E-state index contributed by atoms with van der Waals surface area (Å²) in [6.45, 7) is 4.20. The molecule has 0 saturated carbocycles. The van der Waals surface area contributed by atoms with Gasteiger partial charge in [0.25, 0.3) is 0 Å².